The first-order valence-electron chi connectivity index (χ1n) is 7.55. The minimum Gasteiger partial charge on any atom is -0.481 e. The van der Waals surface area contributed by atoms with Crippen LogP contribution in [0.15, 0.2) is 24.3 Å². The molecular weight excluding hydrogens is 268 g/mol. The van der Waals surface area contributed by atoms with Gasteiger partial charge in [0.25, 0.3) is 0 Å². The molecule has 1 saturated heterocycles. The number of carboxylic acid groups (broad SMARTS) is 1. The SMILES string of the molecule is O=C(O)C1CCN(C(=O)[C@H]2CCCCN2)c2ccccc21. The van der Waals surface area contributed by atoms with Crippen LogP contribution in [0.2, 0.25) is 0 Å². The standard InChI is InChI=1S/C16H20N2O3/c19-15(13-6-3-4-9-17-13)18-10-8-12(16(20)21)11-5-1-2-7-14(11)18/h1-2,5,7,12-13,17H,3-4,6,8-10H2,(H,20,21)/t12?,13-/m1/s1. The van der Waals surface area contributed by atoms with Crippen molar-refractivity contribution >= 4 is 17.6 Å². The fourth-order valence-electron chi connectivity index (χ4n) is 3.30. The Kier molecular flexibility index (Phi) is 3.92. The smallest absolute Gasteiger partial charge is 0.311 e. The van der Waals surface area contributed by atoms with E-state index in [-0.39, 0.29) is 11.9 Å². The molecule has 1 aromatic carbocycles. The lowest BCUT2D eigenvalue weighted by molar-refractivity contribution is -0.139. The molecule has 1 fully saturated rings. The summed E-state index contributed by atoms with van der Waals surface area (Å²) in [5.41, 5.74) is 1.51. The van der Waals surface area contributed by atoms with Gasteiger partial charge in [0.1, 0.15) is 0 Å². The normalized spacial score (nSPS) is 25.2. The molecule has 5 heteroatoms. The Morgan fingerprint density at radius 1 is 1.19 bits per heavy atom. The summed E-state index contributed by atoms with van der Waals surface area (Å²) in [6, 6.07) is 7.24. The third-order valence-corrected chi connectivity index (χ3v) is 4.42. The topological polar surface area (TPSA) is 69.6 Å². The summed E-state index contributed by atoms with van der Waals surface area (Å²) in [7, 11) is 0. The molecule has 2 N–H and O–H groups in total. The van der Waals surface area contributed by atoms with E-state index in [1.807, 2.05) is 24.3 Å². The number of hydrogen-bond acceptors (Lipinski definition) is 3. The lowest BCUT2D eigenvalue weighted by Crippen LogP contribution is -2.50. The quantitative estimate of drug-likeness (QED) is 0.869. The van der Waals surface area contributed by atoms with Crippen LogP contribution in [0.25, 0.3) is 0 Å². The molecule has 1 unspecified atom stereocenters. The first-order chi connectivity index (χ1) is 10.2. The van der Waals surface area contributed by atoms with Crippen molar-refractivity contribution in [1.82, 2.24) is 5.32 Å². The molecule has 0 radical (unpaired) electrons. The van der Waals surface area contributed by atoms with Crippen LogP contribution in [0.5, 0.6) is 0 Å². The molecule has 2 atom stereocenters. The molecule has 2 aliphatic rings. The summed E-state index contributed by atoms with van der Waals surface area (Å²) < 4.78 is 0. The molecule has 112 valence electrons. The summed E-state index contributed by atoms with van der Waals surface area (Å²) in [5.74, 6) is -1.25. The maximum atomic E-state index is 12.7. The maximum absolute atomic E-state index is 12.7. The Labute approximate surface area is 123 Å². The minimum absolute atomic E-state index is 0.0750. The van der Waals surface area contributed by atoms with Crippen LogP contribution >= 0.6 is 0 Å². The second-order valence-electron chi connectivity index (χ2n) is 5.73. The van der Waals surface area contributed by atoms with Gasteiger partial charge >= 0.3 is 5.97 Å². The number of para-hydroxylation sites is 1. The van der Waals surface area contributed by atoms with E-state index in [0.717, 1.165) is 37.1 Å². The number of rotatable bonds is 2. The van der Waals surface area contributed by atoms with Crippen LogP contribution in [0.1, 0.15) is 37.2 Å². The monoisotopic (exact) mass is 288 g/mol. The van der Waals surface area contributed by atoms with Crippen molar-refractivity contribution in [2.24, 2.45) is 0 Å². The van der Waals surface area contributed by atoms with Gasteiger partial charge < -0.3 is 15.3 Å². The fraction of sp³-hybridized carbons (Fsp3) is 0.500. The molecule has 0 aliphatic carbocycles. The highest BCUT2D eigenvalue weighted by molar-refractivity contribution is 5.99. The van der Waals surface area contributed by atoms with Crippen molar-refractivity contribution in [3.63, 3.8) is 0 Å². The van der Waals surface area contributed by atoms with Crippen molar-refractivity contribution in [2.75, 3.05) is 18.0 Å². The molecule has 1 aromatic rings. The predicted molar refractivity (Wildman–Crippen MR) is 79.4 cm³/mol. The van der Waals surface area contributed by atoms with Crippen molar-refractivity contribution in [3.8, 4) is 0 Å². The van der Waals surface area contributed by atoms with E-state index < -0.39 is 11.9 Å². The lowest BCUT2D eigenvalue weighted by atomic mass is 9.89. The summed E-state index contributed by atoms with van der Waals surface area (Å²) >= 11 is 0. The Bertz CT molecular complexity index is 552. The van der Waals surface area contributed by atoms with Gasteiger partial charge in [0, 0.05) is 12.2 Å². The van der Waals surface area contributed by atoms with Gasteiger partial charge in [-0.1, -0.05) is 24.6 Å². The first-order valence-corrected chi connectivity index (χ1v) is 7.55. The van der Waals surface area contributed by atoms with Crippen molar-refractivity contribution in [1.29, 1.82) is 0 Å². The number of nitrogens with zero attached hydrogens (tertiary/aromatic N) is 1. The molecule has 0 saturated carbocycles. The third kappa shape index (κ3) is 2.65. The van der Waals surface area contributed by atoms with Gasteiger partial charge in [0.05, 0.1) is 12.0 Å². The van der Waals surface area contributed by atoms with E-state index in [9.17, 15) is 14.7 Å². The second-order valence-corrected chi connectivity index (χ2v) is 5.73. The Balaban J connectivity index is 1.88. The van der Waals surface area contributed by atoms with E-state index >= 15 is 0 Å². The molecule has 5 nitrogen and oxygen atoms in total. The summed E-state index contributed by atoms with van der Waals surface area (Å²) in [4.78, 5) is 25.8. The number of aliphatic carboxylic acids is 1. The highest BCUT2D eigenvalue weighted by Crippen LogP contribution is 2.35. The number of amides is 1. The van der Waals surface area contributed by atoms with Crippen LogP contribution < -0.4 is 10.2 Å². The molecule has 3 rings (SSSR count). The molecule has 0 bridgehead atoms. The van der Waals surface area contributed by atoms with E-state index in [2.05, 4.69) is 5.32 Å². The summed E-state index contributed by atoms with van der Waals surface area (Å²) in [6.45, 7) is 1.36. The fourth-order valence-corrected chi connectivity index (χ4v) is 3.30. The number of benzene rings is 1. The van der Waals surface area contributed by atoms with Crippen molar-refractivity contribution in [2.45, 2.75) is 37.6 Å². The van der Waals surface area contributed by atoms with Crippen molar-refractivity contribution in [3.05, 3.63) is 29.8 Å². The average Bonchev–Trinajstić information content (AvgIpc) is 2.54. The highest BCUT2D eigenvalue weighted by Gasteiger charge is 2.35. The Hall–Kier alpha value is -1.88. The van der Waals surface area contributed by atoms with Crippen LogP contribution in [-0.4, -0.2) is 36.1 Å². The van der Waals surface area contributed by atoms with Crippen LogP contribution in [0.3, 0.4) is 0 Å². The first kappa shape index (κ1) is 14.1. The number of carbonyl (C=O) groups excluding carboxylic acids is 1. The number of hydrogen-bond donors (Lipinski definition) is 2. The van der Waals surface area contributed by atoms with Gasteiger partial charge in [0.2, 0.25) is 5.91 Å². The van der Waals surface area contributed by atoms with Gasteiger partial charge in [-0.2, -0.15) is 0 Å². The molecule has 2 aliphatic heterocycles. The number of anilines is 1. The maximum Gasteiger partial charge on any atom is 0.311 e. The largest absolute Gasteiger partial charge is 0.481 e. The van der Waals surface area contributed by atoms with E-state index in [4.69, 9.17) is 0 Å². The predicted octanol–water partition coefficient (Wildman–Crippen LogP) is 1.73. The molecule has 0 aromatic heterocycles. The van der Waals surface area contributed by atoms with Crippen LogP contribution in [0, 0.1) is 0 Å². The minimum atomic E-state index is -0.814. The van der Waals surface area contributed by atoms with Gasteiger partial charge in [-0.25, -0.2) is 0 Å². The van der Waals surface area contributed by atoms with E-state index in [1.54, 1.807) is 4.90 Å². The van der Waals surface area contributed by atoms with Gasteiger partial charge in [-0.3, -0.25) is 9.59 Å². The lowest BCUT2D eigenvalue weighted by Gasteiger charge is -2.36. The molecule has 2 heterocycles. The summed E-state index contributed by atoms with van der Waals surface area (Å²) in [5, 5.41) is 12.6. The third-order valence-electron chi connectivity index (χ3n) is 4.42. The van der Waals surface area contributed by atoms with Crippen molar-refractivity contribution < 1.29 is 14.7 Å². The molecule has 1 amide bonds. The zero-order valence-corrected chi connectivity index (χ0v) is 11.9. The zero-order chi connectivity index (χ0) is 14.8. The highest BCUT2D eigenvalue weighted by atomic mass is 16.4. The number of nitrogens with one attached hydrogen (secondary N) is 1. The number of fused-ring (bicyclic) bond motifs is 1. The van der Waals surface area contributed by atoms with Gasteiger partial charge in [-0.15, -0.1) is 0 Å². The van der Waals surface area contributed by atoms with E-state index in [1.165, 1.54) is 0 Å². The molecule has 21 heavy (non-hydrogen) atoms. The molecule has 0 spiro atoms. The van der Waals surface area contributed by atoms with Gasteiger partial charge in [-0.05, 0) is 37.4 Å². The second kappa shape index (κ2) is 5.85. The molecular formula is C16H20N2O3. The Morgan fingerprint density at radius 2 is 2.00 bits per heavy atom. The van der Waals surface area contributed by atoms with Crippen LogP contribution in [-0.2, 0) is 9.59 Å². The number of piperidine rings is 1. The van der Waals surface area contributed by atoms with Crippen LogP contribution in [0.4, 0.5) is 5.69 Å². The Morgan fingerprint density at radius 3 is 2.71 bits per heavy atom. The van der Waals surface area contributed by atoms with Gasteiger partial charge in [0.15, 0.2) is 0 Å². The zero-order valence-electron chi connectivity index (χ0n) is 11.9. The summed E-state index contributed by atoms with van der Waals surface area (Å²) in [6.07, 6.45) is 3.52. The number of carboxylic acids is 1. The van der Waals surface area contributed by atoms with E-state index in [0.29, 0.717) is 13.0 Å². The number of carbonyl (C=O) groups is 2. The average molecular weight is 288 g/mol.